The first-order chi connectivity index (χ1) is 16.4. The number of hydrogen-bond acceptors (Lipinski definition) is 8. The number of thioether (sulfide) groups is 1. The molecule has 0 bridgehead atoms. The molecule has 0 spiro atoms. The first-order valence-corrected chi connectivity index (χ1v) is 12.3. The van der Waals surface area contributed by atoms with Gasteiger partial charge >= 0.3 is 0 Å². The van der Waals surface area contributed by atoms with Gasteiger partial charge in [0.05, 0.1) is 12.9 Å². The van der Waals surface area contributed by atoms with Gasteiger partial charge in [-0.1, -0.05) is 11.8 Å². The van der Waals surface area contributed by atoms with Gasteiger partial charge in [-0.25, -0.2) is 9.97 Å². The molecule has 2 aromatic carbocycles. The molecule has 0 radical (unpaired) electrons. The highest BCUT2D eigenvalue weighted by Crippen LogP contribution is 2.27. The zero-order chi connectivity index (χ0) is 24.1. The van der Waals surface area contributed by atoms with Crippen LogP contribution in [0, 0.1) is 20.8 Å². The molecule has 2 heterocycles. The second-order valence-electron chi connectivity index (χ2n) is 7.46. The number of hydrogen-bond donors (Lipinski definition) is 1. The van der Waals surface area contributed by atoms with Crippen molar-refractivity contribution in [1.82, 2.24) is 24.7 Å². The third-order valence-electron chi connectivity index (χ3n) is 4.77. The van der Waals surface area contributed by atoms with Crippen LogP contribution in [0.3, 0.4) is 0 Å². The molecular formula is C24H24N6O2S2. The molecule has 0 fully saturated rings. The van der Waals surface area contributed by atoms with E-state index in [9.17, 15) is 4.79 Å². The van der Waals surface area contributed by atoms with Crippen LogP contribution >= 0.6 is 23.5 Å². The summed E-state index contributed by atoms with van der Waals surface area (Å²) in [7, 11) is 1.63. The molecule has 0 aliphatic rings. The van der Waals surface area contributed by atoms with Crippen LogP contribution in [0.1, 0.15) is 17.2 Å². The summed E-state index contributed by atoms with van der Waals surface area (Å²) in [5.74, 6) is 1.61. The number of ether oxygens (including phenoxy) is 1. The van der Waals surface area contributed by atoms with Gasteiger partial charge in [0.2, 0.25) is 5.91 Å². The number of carbonyl (C=O) groups excluding carboxylic acids is 1. The summed E-state index contributed by atoms with van der Waals surface area (Å²) >= 11 is 2.82. The maximum atomic E-state index is 12.5. The third kappa shape index (κ3) is 5.95. The Morgan fingerprint density at radius 3 is 2.29 bits per heavy atom. The standard InChI is InChI=1S/C24H24N6O2S2/c1-15-13-16(2)26-23(25-15)34-21-11-5-18(6-12-21)27-22(31)14-33-24-29-28-17(3)30(24)19-7-9-20(32-4)10-8-19/h5-13H,14H2,1-4H3,(H,27,31). The predicted molar refractivity (Wildman–Crippen MR) is 134 cm³/mol. The van der Waals surface area contributed by atoms with Crippen molar-refractivity contribution in [2.45, 2.75) is 36.0 Å². The fourth-order valence-corrected chi connectivity index (χ4v) is 4.90. The molecule has 0 aliphatic heterocycles. The van der Waals surface area contributed by atoms with E-state index in [4.69, 9.17) is 4.74 Å². The zero-order valence-corrected chi connectivity index (χ0v) is 20.9. The lowest BCUT2D eigenvalue weighted by Crippen LogP contribution is -2.14. The Morgan fingerprint density at radius 2 is 1.65 bits per heavy atom. The van der Waals surface area contributed by atoms with Gasteiger partial charge in [-0.2, -0.15) is 0 Å². The molecule has 174 valence electrons. The number of rotatable bonds is 8. The summed E-state index contributed by atoms with van der Waals surface area (Å²) in [6.45, 7) is 5.79. The van der Waals surface area contributed by atoms with Gasteiger partial charge in [0.15, 0.2) is 10.3 Å². The zero-order valence-electron chi connectivity index (χ0n) is 19.3. The molecule has 8 nitrogen and oxygen atoms in total. The van der Waals surface area contributed by atoms with Crippen LogP contribution in [0.4, 0.5) is 5.69 Å². The van der Waals surface area contributed by atoms with Crippen LogP contribution in [0.15, 0.2) is 69.8 Å². The SMILES string of the molecule is COc1ccc(-n2c(C)nnc2SCC(=O)Nc2ccc(Sc3nc(C)cc(C)n3)cc2)cc1. The number of aromatic nitrogens is 5. The van der Waals surface area contributed by atoms with Crippen molar-refractivity contribution < 1.29 is 9.53 Å². The van der Waals surface area contributed by atoms with E-state index in [-0.39, 0.29) is 11.7 Å². The minimum atomic E-state index is -0.120. The number of nitrogens with one attached hydrogen (secondary N) is 1. The number of carbonyl (C=O) groups is 1. The Bertz CT molecular complexity index is 1270. The van der Waals surface area contributed by atoms with Crippen molar-refractivity contribution in [1.29, 1.82) is 0 Å². The lowest BCUT2D eigenvalue weighted by Gasteiger charge is -2.10. The van der Waals surface area contributed by atoms with Crippen molar-refractivity contribution in [3.8, 4) is 11.4 Å². The molecule has 10 heteroatoms. The highest BCUT2D eigenvalue weighted by atomic mass is 32.2. The number of benzene rings is 2. The van der Waals surface area contributed by atoms with Crippen LogP contribution in [0.5, 0.6) is 5.75 Å². The van der Waals surface area contributed by atoms with Crippen molar-refractivity contribution in [2.75, 3.05) is 18.2 Å². The Balaban J connectivity index is 1.35. The highest BCUT2D eigenvalue weighted by molar-refractivity contribution is 7.99. The van der Waals surface area contributed by atoms with Gasteiger partial charge in [0.25, 0.3) is 0 Å². The summed E-state index contributed by atoms with van der Waals surface area (Å²) in [6, 6.07) is 17.2. The fourth-order valence-electron chi connectivity index (χ4n) is 3.24. The average molecular weight is 493 g/mol. The van der Waals surface area contributed by atoms with Crippen molar-refractivity contribution >= 4 is 35.1 Å². The van der Waals surface area contributed by atoms with E-state index in [2.05, 4.69) is 25.5 Å². The largest absolute Gasteiger partial charge is 0.497 e. The van der Waals surface area contributed by atoms with Crippen LogP contribution in [-0.4, -0.2) is 43.5 Å². The number of anilines is 1. The van der Waals surface area contributed by atoms with Crippen LogP contribution < -0.4 is 10.1 Å². The Morgan fingerprint density at radius 1 is 0.971 bits per heavy atom. The normalized spacial score (nSPS) is 10.8. The van der Waals surface area contributed by atoms with E-state index in [0.29, 0.717) is 10.3 Å². The van der Waals surface area contributed by atoms with Crippen molar-refractivity contribution in [2.24, 2.45) is 0 Å². The quantitative estimate of drug-likeness (QED) is 0.275. The molecule has 0 atom stereocenters. The maximum absolute atomic E-state index is 12.5. The first-order valence-electron chi connectivity index (χ1n) is 10.5. The minimum absolute atomic E-state index is 0.120. The van der Waals surface area contributed by atoms with E-state index >= 15 is 0 Å². The van der Waals surface area contributed by atoms with Gasteiger partial charge in [-0.3, -0.25) is 9.36 Å². The molecule has 34 heavy (non-hydrogen) atoms. The average Bonchev–Trinajstić information content (AvgIpc) is 3.18. The highest BCUT2D eigenvalue weighted by Gasteiger charge is 2.14. The Hall–Kier alpha value is -3.37. The number of nitrogens with zero attached hydrogens (tertiary/aromatic N) is 5. The van der Waals surface area contributed by atoms with Crippen LogP contribution in [-0.2, 0) is 4.79 Å². The van der Waals surface area contributed by atoms with E-state index in [0.717, 1.165) is 39.2 Å². The van der Waals surface area contributed by atoms with Gasteiger partial charge in [0.1, 0.15) is 11.6 Å². The smallest absolute Gasteiger partial charge is 0.234 e. The molecule has 1 N–H and O–H groups in total. The maximum Gasteiger partial charge on any atom is 0.234 e. The second kappa shape index (κ2) is 10.7. The summed E-state index contributed by atoms with van der Waals surface area (Å²) in [5.41, 5.74) is 3.51. The number of aryl methyl sites for hydroxylation is 3. The van der Waals surface area contributed by atoms with E-state index in [1.165, 1.54) is 23.5 Å². The summed E-state index contributed by atoms with van der Waals surface area (Å²) in [6.07, 6.45) is 0. The molecular weight excluding hydrogens is 468 g/mol. The fraction of sp³-hybridized carbons (Fsp3) is 0.208. The van der Waals surface area contributed by atoms with Crippen LogP contribution in [0.2, 0.25) is 0 Å². The van der Waals surface area contributed by atoms with Crippen molar-refractivity contribution in [3.05, 3.63) is 71.8 Å². The summed E-state index contributed by atoms with van der Waals surface area (Å²) in [4.78, 5) is 22.4. The molecule has 1 amide bonds. The Labute approximate surface area is 206 Å². The summed E-state index contributed by atoms with van der Waals surface area (Å²) in [5, 5.41) is 12.7. The van der Waals surface area contributed by atoms with E-state index in [1.54, 1.807) is 7.11 Å². The molecule has 0 saturated heterocycles. The molecule has 0 aliphatic carbocycles. The van der Waals surface area contributed by atoms with Gasteiger partial charge in [-0.15, -0.1) is 10.2 Å². The molecule has 0 saturated carbocycles. The number of methoxy groups -OCH3 is 1. The lowest BCUT2D eigenvalue weighted by molar-refractivity contribution is -0.113. The second-order valence-corrected chi connectivity index (χ2v) is 9.44. The molecule has 0 unspecified atom stereocenters. The van der Waals surface area contributed by atoms with Crippen LogP contribution in [0.25, 0.3) is 5.69 Å². The molecule has 4 rings (SSSR count). The first kappa shape index (κ1) is 23.8. The Kier molecular flexibility index (Phi) is 7.49. The van der Waals surface area contributed by atoms with Gasteiger partial charge < -0.3 is 10.1 Å². The van der Waals surface area contributed by atoms with E-state index < -0.39 is 0 Å². The third-order valence-corrected chi connectivity index (χ3v) is 6.57. The van der Waals surface area contributed by atoms with Gasteiger partial charge in [0, 0.05) is 27.7 Å². The lowest BCUT2D eigenvalue weighted by atomic mass is 10.3. The van der Waals surface area contributed by atoms with Gasteiger partial charge in [-0.05, 0) is 87.1 Å². The minimum Gasteiger partial charge on any atom is -0.497 e. The van der Waals surface area contributed by atoms with E-state index in [1.807, 2.05) is 79.9 Å². The predicted octanol–water partition coefficient (Wildman–Crippen LogP) is 4.87. The monoisotopic (exact) mass is 492 g/mol. The topological polar surface area (TPSA) is 94.8 Å². The summed E-state index contributed by atoms with van der Waals surface area (Å²) < 4.78 is 7.14. The number of amides is 1. The molecule has 4 aromatic rings. The molecule has 2 aromatic heterocycles. The van der Waals surface area contributed by atoms with Crippen molar-refractivity contribution in [3.63, 3.8) is 0 Å².